The van der Waals surface area contributed by atoms with Gasteiger partial charge in [-0.15, -0.1) is 11.8 Å². The van der Waals surface area contributed by atoms with Gasteiger partial charge >= 0.3 is 0 Å². The normalized spacial score (nSPS) is 10.5. The van der Waals surface area contributed by atoms with Gasteiger partial charge in [0, 0.05) is 11.5 Å². The third-order valence-corrected chi connectivity index (χ3v) is 3.49. The molecule has 2 heteroatoms. The molecule has 0 heterocycles. The van der Waals surface area contributed by atoms with E-state index in [2.05, 4.69) is 48.7 Å². The van der Waals surface area contributed by atoms with Crippen molar-refractivity contribution >= 4 is 11.8 Å². The number of hydrogen-bond acceptors (Lipinski definition) is 2. The molecule has 17 heavy (non-hydrogen) atoms. The largest absolute Gasteiger partial charge is 0.396 e. The molecule has 0 saturated heterocycles. The third kappa shape index (κ3) is 3.11. The van der Waals surface area contributed by atoms with Crippen LogP contribution in [0.1, 0.15) is 5.56 Å². The van der Waals surface area contributed by atoms with Crippen LogP contribution in [0, 0.1) is 0 Å². The minimum absolute atomic E-state index is 0.203. The molecule has 0 fully saturated rings. The van der Waals surface area contributed by atoms with E-state index >= 15 is 0 Å². The van der Waals surface area contributed by atoms with Crippen LogP contribution in [0.2, 0.25) is 0 Å². The summed E-state index contributed by atoms with van der Waals surface area (Å²) >= 11 is 1.75. The molecule has 1 N–H and O–H groups in total. The Balaban J connectivity index is 2.28. The molecule has 2 aromatic rings. The number of rotatable bonds is 4. The molecule has 1 nitrogen and oxygen atoms in total. The van der Waals surface area contributed by atoms with Crippen molar-refractivity contribution in [3.05, 3.63) is 54.1 Å². The van der Waals surface area contributed by atoms with Gasteiger partial charge in [0.2, 0.25) is 0 Å². The van der Waals surface area contributed by atoms with Crippen molar-refractivity contribution in [1.82, 2.24) is 0 Å². The van der Waals surface area contributed by atoms with E-state index in [1.54, 1.807) is 11.8 Å². The Morgan fingerprint density at radius 2 is 1.76 bits per heavy atom. The van der Waals surface area contributed by atoms with E-state index in [9.17, 15) is 0 Å². The standard InChI is InChI=1S/C15H16OS/c1-17-15-7-5-13(6-8-15)14-4-2-3-12(11-14)9-10-16/h2-8,11,16H,9-10H2,1H3. The van der Waals surface area contributed by atoms with Crippen LogP contribution in [0.4, 0.5) is 0 Å². The van der Waals surface area contributed by atoms with E-state index in [0.717, 1.165) is 6.42 Å². The highest BCUT2D eigenvalue weighted by Crippen LogP contribution is 2.23. The van der Waals surface area contributed by atoms with Gasteiger partial charge in [0.1, 0.15) is 0 Å². The van der Waals surface area contributed by atoms with Crippen LogP contribution in [0.5, 0.6) is 0 Å². The first-order valence-electron chi connectivity index (χ1n) is 5.67. The number of aliphatic hydroxyl groups is 1. The van der Waals surface area contributed by atoms with Crippen LogP contribution in [-0.2, 0) is 6.42 Å². The lowest BCUT2D eigenvalue weighted by Crippen LogP contribution is -1.90. The minimum atomic E-state index is 0.203. The highest BCUT2D eigenvalue weighted by Gasteiger charge is 1.99. The molecule has 0 aromatic heterocycles. The summed E-state index contributed by atoms with van der Waals surface area (Å²) in [5, 5.41) is 8.95. The molecule has 2 rings (SSSR count). The quantitative estimate of drug-likeness (QED) is 0.829. The van der Waals surface area contributed by atoms with Crippen LogP contribution < -0.4 is 0 Å². The third-order valence-electron chi connectivity index (χ3n) is 2.75. The molecule has 0 atom stereocenters. The maximum Gasteiger partial charge on any atom is 0.0471 e. The maximum atomic E-state index is 8.95. The molecular formula is C15H16OS. The fourth-order valence-corrected chi connectivity index (χ4v) is 2.23. The second kappa shape index (κ2) is 5.89. The van der Waals surface area contributed by atoms with E-state index in [-0.39, 0.29) is 6.61 Å². The van der Waals surface area contributed by atoms with Gasteiger partial charge in [-0.3, -0.25) is 0 Å². The Bertz CT molecular complexity index is 477. The highest BCUT2D eigenvalue weighted by atomic mass is 32.2. The Morgan fingerprint density at radius 3 is 2.41 bits per heavy atom. The Morgan fingerprint density at radius 1 is 1.00 bits per heavy atom. The summed E-state index contributed by atoms with van der Waals surface area (Å²) in [7, 11) is 0. The van der Waals surface area contributed by atoms with E-state index in [0.29, 0.717) is 0 Å². The molecule has 0 aliphatic carbocycles. The van der Waals surface area contributed by atoms with Crippen molar-refractivity contribution in [1.29, 1.82) is 0 Å². The Labute approximate surface area is 107 Å². The van der Waals surface area contributed by atoms with Crippen molar-refractivity contribution in [2.75, 3.05) is 12.9 Å². The van der Waals surface area contributed by atoms with E-state index in [4.69, 9.17) is 5.11 Å². The lowest BCUT2D eigenvalue weighted by molar-refractivity contribution is 0.299. The second-order valence-electron chi connectivity index (χ2n) is 3.90. The summed E-state index contributed by atoms with van der Waals surface area (Å²) in [4.78, 5) is 1.28. The molecule has 2 aromatic carbocycles. The first-order valence-corrected chi connectivity index (χ1v) is 6.90. The van der Waals surface area contributed by atoms with Crippen molar-refractivity contribution in [2.24, 2.45) is 0 Å². The fourth-order valence-electron chi connectivity index (χ4n) is 1.82. The lowest BCUT2D eigenvalue weighted by Gasteiger charge is -2.05. The van der Waals surface area contributed by atoms with Gasteiger partial charge in [0.05, 0.1) is 0 Å². The van der Waals surface area contributed by atoms with Crippen molar-refractivity contribution in [3.8, 4) is 11.1 Å². The molecule has 0 unspecified atom stereocenters. The smallest absolute Gasteiger partial charge is 0.0471 e. The lowest BCUT2D eigenvalue weighted by atomic mass is 10.0. The number of aliphatic hydroxyl groups excluding tert-OH is 1. The Hall–Kier alpha value is -1.25. The predicted octanol–water partition coefficient (Wildman–Crippen LogP) is 3.61. The van der Waals surface area contributed by atoms with E-state index in [1.807, 2.05) is 6.07 Å². The van der Waals surface area contributed by atoms with E-state index < -0.39 is 0 Å². The predicted molar refractivity (Wildman–Crippen MR) is 74.4 cm³/mol. The topological polar surface area (TPSA) is 20.2 Å². The van der Waals surface area contributed by atoms with E-state index in [1.165, 1.54) is 21.6 Å². The monoisotopic (exact) mass is 244 g/mol. The zero-order valence-corrected chi connectivity index (χ0v) is 10.7. The molecule has 0 aliphatic heterocycles. The van der Waals surface area contributed by atoms with Crippen molar-refractivity contribution in [3.63, 3.8) is 0 Å². The molecule has 0 saturated carbocycles. The summed E-state index contributed by atoms with van der Waals surface area (Å²) in [5.41, 5.74) is 3.62. The van der Waals surface area contributed by atoms with Gasteiger partial charge in [0.15, 0.2) is 0 Å². The minimum Gasteiger partial charge on any atom is -0.396 e. The van der Waals surface area contributed by atoms with Crippen LogP contribution in [0.25, 0.3) is 11.1 Å². The molecule has 0 amide bonds. The second-order valence-corrected chi connectivity index (χ2v) is 4.78. The zero-order chi connectivity index (χ0) is 12.1. The molecular weight excluding hydrogens is 228 g/mol. The summed E-state index contributed by atoms with van der Waals surface area (Å²) in [6, 6.07) is 16.9. The molecule has 0 bridgehead atoms. The fraction of sp³-hybridized carbons (Fsp3) is 0.200. The molecule has 0 aliphatic rings. The highest BCUT2D eigenvalue weighted by molar-refractivity contribution is 7.98. The van der Waals surface area contributed by atoms with Gasteiger partial charge in [-0.2, -0.15) is 0 Å². The van der Waals surface area contributed by atoms with Crippen LogP contribution in [-0.4, -0.2) is 18.0 Å². The van der Waals surface area contributed by atoms with Gasteiger partial charge in [-0.25, -0.2) is 0 Å². The van der Waals surface area contributed by atoms with Crippen LogP contribution in [0.15, 0.2) is 53.4 Å². The number of hydrogen-bond donors (Lipinski definition) is 1. The molecule has 0 spiro atoms. The SMILES string of the molecule is CSc1ccc(-c2cccc(CCO)c2)cc1. The Kier molecular flexibility index (Phi) is 4.24. The molecule has 0 radical (unpaired) electrons. The average Bonchev–Trinajstić information content (AvgIpc) is 2.40. The summed E-state index contributed by atoms with van der Waals surface area (Å²) in [6.07, 6.45) is 2.80. The van der Waals surface area contributed by atoms with Crippen molar-refractivity contribution < 1.29 is 5.11 Å². The van der Waals surface area contributed by atoms with Gasteiger partial charge < -0.3 is 5.11 Å². The first kappa shape index (κ1) is 12.2. The van der Waals surface area contributed by atoms with Crippen LogP contribution >= 0.6 is 11.8 Å². The van der Waals surface area contributed by atoms with Crippen molar-refractivity contribution in [2.45, 2.75) is 11.3 Å². The summed E-state index contributed by atoms with van der Waals surface area (Å²) < 4.78 is 0. The van der Waals surface area contributed by atoms with Crippen LogP contribution in [0.3, 0.4) is 0 Å². The first-order chi connectivity index (χ1) is 8.33. The average molecular weight is 244 g/mol. The maximum absolute atomic E-state index is 8.95. The summed E-state index contributed by atoms with van der Waals surface area (Å²) in [6.45, 7) is 0.203. The van der Waals surface area contributed by atoms with Gasteiger partial charge in [0.25, 0.3) is 0 Å². The number of thioether (sulfide) groups is 1. The van der Waals surface area contributed by atoms with Gasteiger partial charge in [-0.1, -0.05) is 36.4 Å². The molecule has 88 valence electrons. The zero-order valence-electron chi connectivity index (χ0n) is 9.89. The van der Waals surface area contributed by atoms with Gasteiger partial charge in [-0.05, 0) is 41.5 Å². The summed E-state index contributed by atoms with van der Waals surface area (Å²) in [5.74, 6) is 0. The number of benzene rings is 2.